The van der Waals surface area contributed by atoms with E-state index < -0.39 is 0 Å². The second-order valence-electron chi connectivity index (χ2n) is 3.78. The molecular weight excluding hydrogens is 371 g/mol. The Morgan fingerprint density at radius 1 is 1.16 bits per heavy atom. The van der Waals surface area contributed by atoms with E-state index in [-0.39, 0.29) is 5.38 Å². The average molecular weight is 382 g/mol. The first kappa shape index (κ1) is 15.0. The Bertz CT molecular complexity index is 586. The Balaban J connectivity index is 2.44. The molecule has 0 saturated heterocycles. The number of thiophene rings is 1. The van der Waals surface area contributed by atoms with Gasteiger partial charge in [0.1, 0.15) is 0 Å². The van der Waals surface area contributed by atoms with E-state index in [1.807, 2.05) is 17.5 Å². The van der Waals surface area contributed by atoms with Crippen molar-refractivity contribution in [1.29, 1.82) is 0 Å². The van der Waals surface area contributed by atoms with E-state index in [0.717, 1.165) is 14.9 Å². The maximum Gasteiger partial charge on any atom is 0.162 e. The zero-order valence-electron chi connectivity index (χ0n) is 10.2. The predicted molar refractivity (Wildman–Crippen MR) is 84.3 cm³/mol. The fourth-order valence-corrected chi connectivity index (χ4v) is 3.60. The van der Waals surface area contributed by atoms with E-state index in [4.69, 9.17) is 32.7 Å². The van der Waals surface area contributed by atoms with Crippen molar-refractivity contribution in [3.63, 3.8) is 0 Å². The first-order valence-electron chi connectivity index (χ1n) is 5.36. The molecule has 1 atom stereocenters. The molecular formula is C13H11BrCl2O2S. The molecule has 0 fully saturated rings. The summed E-state index contributed by atoms with van der Waals surface area (Å²) in [4.78, 5) is 0. The zero-order chi connectivity index (χ0) is 14.0. The Kier molecular flexibility index (Phi) is 5.01. The molecule has 0 bridgehead atoms. The summed E-state index contributed by atoms with van der Waals surface area (Å²) in [6.07, 6.45) is 0. The van der Waals surface area contributed by atoms with Crippen LogP contribution in [0.3, 0.4) is 0 Å². The highest BCUT2D eigenvalue weighted by molar-refractivity contribution is 9.11. The largest absolute Gasteiger partial charge is 0.493 e. The first-order valence-corrected chi connectivity index (χ1v) is 7.85. The van der Waals surface area contributed by atoms with E-state index in [9.17, 15) is 0 Å². The molecule has 0 N–H and O–H groups in total. The van der Waals surface area contributed by atoms with Gasteiger partial charge in [0.05, 0.1) is 23.4 Å². The van der Waals surface area contributed by atoms with Crippen molar-refractivity contribution in [2.75, 3.05) is 14.2 Å². The monoisotopic (exact) mass is 380 g/mol. The van der Waals surface area contributed by atoms with Crippen molar-refractivity contribution in [2.24, 2.45) is 0 Å². The van der Waals surface area contributed by atoms with Crippen LogP contribution in [-0.2, 0) is 0 Å². The smallest absolute Gasteiger partial charge is 0.162 e. The van der Waals surface area contributed by atoms with E-state index in [1.165, 1.54) is 0 Å². The maximum absolute atomic E-state index is 6.48. The highest BCUT2D eigenvalue weighted by Gasteiger charge is 2.19. The third-order valence-corrected chi connectivity index (χ3v) is 4.99. The summed E-state index contributed by atoms with van der Waals surface area (Å²) in [5.41, 5.74) is 1.79. The Labute approximate surface area is 134 Å². The standard InChI is InChI=1S/C13H11BrCl2O2S/c1-17-10-4-8(9(15)5-11(10)18-2)13(16)7-3-12(14)19-6-7/h3-6,13H,1-2H3. The molecule has 1 aromatic heterocycles. The number of ether oxygens (including phenoxy) is 2. The van der Waals surface area contributed by atoms with Crippen LogP contribution in [0.5, 0.6) is 11.5 Å². The van der Waals surface area contributed by atoms with Crippen LogP contribution >= 0.6 is 50.5 Å². The van der Waals surface area contributed by atoms with Gasteiger partial charge in [0.2, 0.25) is 0 Å². The molecule has 2 nitrogen and oxygen atoms in total. The van der Waals surface area contributed by atoms with Gasteiger partial charge in [-0.3, -0.25) is 0 Å². The fourth-order valence-electron chi connectivity index (χ4n) is 1.70. The fraction of sp³-hybridized carbons (Fsp3) is 0.231. The van der Waals surface area contributed by atoms with Crippen molar-refractivity contribution in [3.05, 3.63) is 43.5 Å². The molecule has 0 amide bonds. The molecule has 2 rings (SSSR count). The summed E-state index contributed by atoms with van der Waals surface area (Å²) in [6.45, 7) is 0. The van der Waals surface area contributed by atoms with Crippen molar-refractivity contribution in [3.8, 4) is 11.5 Å². The quantitative estimate of drug-likeness (QED) is 0.650. The summed E-state index contributed by atoms with van der Waals surface area (Å²) >= 11 is 17.7. The minimum Gasteiger partial charge on any atom is -0.493 e. The minimum absolute atomic E-state index is 0.324. The maximum atomic E-state index is 6.48. The van der Waals surface area contributed by atoms with Gasteiger partial charge in [-0.15, -0.1) is 22.9 Å². The van der Waals surface area contributed by atoms with Gasteiger partial charge in [-0.05, 0) is 44.6 Å². The number of rotatable bonds is 4. The van der Waals surface area contributed by atoms with E-state index in [2.05, 4.69) is 15.9 Å². The number of benzene rings is 1. The van der Waals surface area contributed by atoms with E-state index >= 15 is 0 Å². The molecule has 0 saturated carbocycles. The molecule has 0 aliphatic rings. The number of halogens is 3. The number of methoxy groups -OCH3 is 2. The van der Waals surface area contributed by atoms with Gasteiger partial charge in [0.15, 0.2) is 11.5 Å². The van der Waals surface area contributed by atoms with Crippen molar-refractivity contribution in [1.82, 2.24) is 0 Å². The number of hydrogen-bond acceptors (Lipinski definition) is 3. The summed E-state index contributed by atoms with van der Waals surface area (Å²) in [7, 11) is 3.15. The van der Waals surface area contributed by atoms with Crippen LogP contribution in [0.15, 0.2) is 27.4 Å². The van der Waals surface area contributed by atoms with Gasteiger partial charge in [0.25, 0.3) is 0 Å². The van der Waals surface area contributed by atoms with Crippen molar-refractivity contribution >= 4 is 50.5 Å². The topological polar surface area (TPSA) is 18.5 Å². The van der Waals surface area contributed by atoms with Gasteiger partial charge in [0, 0.05) is 11.1 Å². The van der Waals surface area contributed by atoms with Gasteiger partial charge in [-0.25, -0.2) is 0 Å². The van der Waals surface area contributed by atoms with Crippen molar-refractivity contribution < 1.29 is 9.47 Å². The number of alkyl halides is 1. The summed E-state index contributed by atoms with van der Waals surface area (Å²) in [5.74, 6) is 1.20. The molecule has 2 aromatic rings. The molecule has 19 heavy (non-hydrogen) atoms. The molecule has 0 aliphatic carbocycles. The Hall–Kier alpha value is -0.420. The van der Waals surface area contributed by atoms with Gasteiger partial charge >= 0.3 is 0 Å². The Morgan fingerprint density at radius 3 is 2.32 bits per heavy atom. The first-order chi connectivity index (χ1) is 9.06. The molecule has 0 spiro atoms. The molecule has 6 heteroatoms. The lowest BCUT2D eigenvalue weighted by Gasteiger charge is -2.14. The lowest BCUT2D eigenvalue weighted by atomic mass is 10.1. The van der Waals surface area contributed by atoms with E-state index in [0.29, 0.717) is 16.5 Å². The highest BCUT2D eigenvalue weighted by Crippen LogP contribution is 2.41. The van der Waals surface area contributed by atoms with Crippen LogP contribution in [0.2, 0.25) is 5.02 Å². The number of hydrogen-bond donors (Lipinski definition) is 0. The highest BCUT2D eigenvalue weighted by atomic mass is 79.9. The van der Waals surface area contributed by atoms with Crippen LogP contribution < -0.4 is 9.47 Å². The van der Waals surface area contributed by atoms with Crippen molar-refractivity contribution in [2.45, 2.75) is 5.38 Å². The summed E-state index contributed by atoms with van der Waals surface area (Å²) < 4.78 is 11.5. The summed E-state index contributed by atoms with van der Waals surface area (Å²) in [5, 5.41) is 2.23. The van der Waals surface area contributed by atoms with Crippen LogP contribution in [-0.4, -0.2) is 14.2 Å². The molecule has 1 unspecified atom stereocenters. The third kappa shape index (κ3) is 3.19. The van der Waals surface area contributed by atoms with Gasteiger partial charge in [-0.2, -0.15) is 0 Å². The SMILES string of the molecule is COc1cc(Cl)c(C(Cl)c2csc(Br)c2)cc1OC. The lowest BCUT2D eigenvalue weighted by molar-refractivity contribution is 0.354. The third-order valence-electron chi connectivity index (χ3n) is 2.66. The molecule has 1 aromatic carbocycles. The molecule has 0 radical (unpaired) electrons. The predicted octanol–water partition coefficient (Wildman–Crippen LogP) is 5.51. The van der Waals surface area contributed by atoms with Crippen LogP contribution in [0.25, 0.3) is 0 Å². The van der Waals surface area contributed by atoms with Crippen LogP contribution in [0.4, 0.5) is 0 Å². The van der Waals surface area contributed by atoms with Gasteiger partial charge < -0.3 is 9.47 Å². The average Bonchev–Trinajstić information content (AvgIpc) is 2.84. The van der Waals surface area contributed by atoms with Crippen LogP contribution in [0.1, 0.15) is 16.5 Å². The molecule has 102 valence electrons. The van der Waals surface area contributed by atoms with Crippen LogP contribution in [0, 0.1) is 0 Å². The van der Waals surface area contributed by atoms with E-state index in [1.54, 1.807) is 31.6 Å². The summed E-state index contributed by atoms with van der Waals surface area (Å²) in [6, 6.07) is 5.51. The second-order valence-corrected chi connectivity index (χ2v) is 6.91. The Morgan fingerprint density at radius 2 is 1.79 bits per heavy atom. The second kappa shape index (κ2) is 6.35. The zero-order valence-corrected chi connectivity index (χ0v) is 14.2. The normalized spacial score (nSPS) is 12.3. The molecule has 1 heterocycles. The lowest BCUT2D eigenvalue weighted by Crippen LogP contribution is -1.97. The minimum atomic E-state index is -0.324. The van der Waals surface area contributed by atoms with Gasteiger partial charge in [-0.1, -0.05) is 11.6 Å². The molecule has 0 aliphatic heterocycles.